The molecule has 1 fully saturated rings. The molecule has 1 heterocycles. The van der Waals surface area contributed by atoms with Gasteiger partial charge in [-0.2, -0.15) is 0 Å². The predicted octanol–water partition coefficient (Wildman–Crippen LogP) is 3.99. The zero-order valence-electron chi connectivity index (χ0n) is 11.6. The van der Waals surface area contributed by atoms with Crippen LogP contribution in [0.4, 0.5) is 0 Å². The van der Waals surface area contributed by atoms with Gasteiger partial charge in [-0.1, -0.05) is 38.0 Å². The van der Waals surface area contributed by atoms with Crippen LogP contribution in [0.2, 0.25) is 0 Å². The summed E-state index contributed by atoms with van der Waals surface area (Å²) in [6.07, 6.45) is 7.90. The van der Waals surface area contributed by atoms with E-state index in [1.54, 1.807) is 0 Å². The van der Waals surface area contributed by atoms with Gasteiger partial charge in [0, 0.05) is 17.1 Å². The fourth-order valence-electron chi connectivity index (χ4n) is 3.17. The van der Waals surface area contributed by atoms with Crippen molar-refractivity contribution in [1.29, 1.82) is 0 Å². The van der Waals surface area contributed by atoms with Crippen LogP contribution in [0.1, 0.15) is 44.6 Å². The van der Waals surface area contributed by atoms with Gasteiger partial charge in [0.15, 0.2) is 0 Å². The molecule has 1 aliphatic carbocycles. The average molecular weight is 254 g/mol. The van der Waals surface area contributed by atoms with E-state index >= 15 is 0 Å². The normalized spacial score (nSPS) is 28.2. The molecular formula is C17H22N2. The van der Waals surface area contributed by atoms with Crippen molar-refractivity contribution >= 4 is 10.9 Å². The Hall–Kier alpha value is -1.41. The highest BCUT2D eigenvalue weighted by molar-refractivity contribution is 5.78. The van der Waals surface area contributed by atoms with Crippen LogP contribution in [0.15, 0.2) is 36.5 Å². The Morgan fingerprint density at radius 3 is 2.95 bits per heavy atom. The summed E-state index contributed by atoms with van der Waals surface area (Å²) in [5, 5.41) is 1.20. The van der Waals surface area contributed by atoms with Crippen LogP contribution >= 0.6 is 0 Å². The first-order valence-corrected chi connectivity index (χ1v) is 7.31. The molecule has 1 saturated carbocycles. The van der Waals surface area contributed by atoms with Gasteiger partial charge >= 0.3 is 0 Å². The minimum Gasteiger partial charge on any atom is -0.321 e. The highest BCUT2D eigenvalue weighted by Crippen LogP contribution is 2.36. The van der Waals surface area contributed by atoms with E-state index in [-0.39, 0.29) is 5.54 Å². The number of fused-ring (bicyclic) bond motifs is 1. The summed E-state index contributed by atoms with van der Waals surface area (Å²) in [7, 11) is 0. The van der Waals surface area contributed by atoms with Gasteiger partial charge < -0.3 is 5.73 Å². The van der Waals surface area contributed by atoms with Crippen molar-refractivity contribution in [2.24, 2.45) is 11.7 Å². The molecule has 19 heavy (non-hydrogen) atoms. The number of rotatable bonds is 1. The van der Waals surface area contributed by atoms with Crippen molar-refractivity contribution in [2.45, 2.75) is 44.6 Å². The number of nitrogens with zero attached hydrogens (tertiary/aromatic N) is 1. The van der Waals surface area contributed by atoms with Gasteiger partial charge in [-0.3, -0.25) is 4.98 Å². The van der Waals surface area contributed by atoms with E-state index < -0.39 is 0 Å². The highest BCUT2D eigenvalue weighted by Gasteiger charge is 2.30. The van der Waals surface area contributed by atoms with Gasteiger partial charge in [0.2, 0.25) is 0 Å². The van der Waals surface area contributed by atoms with Crippen LogP contribution in [0.25, 0.3) is 10.9 Å². The van der Waals surface area contributed by atoms with E-state index in [2.05, 4.69) is 36.2 Å². The molecule has 0 amide bonds. The maximum absolute atomic E-state index is 6.69. The van der Waals surface area contributed by atoms with Crippen LogP contribution in [-0.2, 0) is 5.54 Å². The second kappa shape index (κ2) is 4.93. The molecule has 1 aromatic heterocycles. The number of hydrogen-bond donors (Lipinski definition) is 1. The fraction of sp³-hybridized carbons (Fsp3) is 0.471. The largest absolute Gasteiger partial charge is 0.321 e. The molecule has 0 aliphatic heterocycles. The molecule has 2 atom stereocenters. The van der Waals surface area contributed by atoms with E-state index in [4.69, 9.17) is 5.73 Å². The first kappa shape index (κ1) is 12.6. The zero-order valence-corrected chi connectivity index (χ0v) is 11.6. The molecule has 1 aliphatic rings. The molecule has 2 unspecified atom stereocenters. The highest BCUT2D eigenvalue weighted by atomic mass is 14.8. The zero-order chi connectivity index (χ0) is 13.3. The van der Waals surface area contributed by atoms with Crippen LogP contribution in [0, 0.1) is 5.92 Å². The molecule has 0 bridgehead atoms. The molecule has 2 heteroatoms. The van der Waals surface area contributed by atoms with Gasteiger partial charge in [-0.15, -0.1) is 0 Å². The monoisotopic (exact) mass is 254 g/mol. The van der Waals surface area contributed by atoms with E-state index in [0.29, 0.717) is 0 Å². The lowest BCUT2D eigenvalue weighted by molar-refractivity contribution is 0.377. The molecular weight excluding hydrogens is 232 g/mol. The first-order chi connectivity index (χ1) is 9.17. The third-order valence-corrected chi connectivity index (χ3v) is 4.57. The maximum Gasteiger partial charge on any atom is 0.0702 e. The Balaban J connectivity index is 1.97. The number of nitrogens with two attached hydrogens (primary N) is 1. The standard InChI is InChI=1S/C17H22N2/c1-13-5-4-9-17(18,10-8-13)15-11-14-6-2-3-7-16(14)19-12-15/h2-3,6-7,11-13H,4-5,8-10,18H2,1H3. The van der Waals surface area contributed by atoms with E-state index in [0.717, 1.165) is 24.3 Å². The Morgan fingerprint density at radius 1 is 1.21 bits per heavy atom. The van der Waals surface area contributed by atoms with Crippen LogP contribution < -0.4 is 5.73 Å². The minimum atomic E-state index is -0.179. The van der Waals surface area contributed by atoms with Crippen LogP contribution in [0.3, 0.4) is 0 Å². The summed E-state index contributed by atoms with van der Waals surface area (Å²) in [6, 6.07) is 10.5. The van der Waals surface area contributed by atoms with Gasteiger partial charge in [0.25, 0.3) is 0 Å². The Morgan fingerprint density at radius 2 is 2.05 bits per heavy atom. The number of aromatic nitrogens is 1. The van der Waals surface area contributed by atoms with Gasteiger partial charge in [0.05, 0.1) is 5.52 Å². The first-order valence-electron chi connectivity index (χ1n) is 7.31. The summed E-state index contributed by atoms with van der Waals surface area (Å²) in [4.78, 5) is 4.57. The maximum atomic E-state index is 6.69. The third-order valence-electron chi connectivity index (χ3n) is 4.57. The quantitative estimate of drug-likeness (QED) is 0.781. The SMILES string of the molecule is CC1CCCC(N)(c2cnc3ccccc3c2)CC1. The van der Waals surface area contributed by atoms with Gasteiger partial charge in [0.1, 0.15) is 0 Å². The van der Waals surface area contributed by atoms with E-state index in [1.165, 1.54) is 30.2 Å². The predicted molar refractivity (Wildman–Crippen MR) is 79.9 cm³/mol. The van der Waals surface area contributed by atoms with Crippen molar-refractivity contribution in [1.82, 2.24) is 4.98 Å². The lowest BCUT2D eigenvalue weighted by Gasteiger charge is -2.28. The number of para-hydroxylation sites is 1. The second-order valence-corrected chi connectivity index (χ2v) is 6.11. The van der Waals surface area contributed by atoms with Crippen molar-refractivity contribution < 1.29 is 0 Å². The summed E-state index contributed by atoms with van der Waals surface area (Å²) < 4.78 is 0. The van der Waals surface area contributed by atoms with Gasteiger partial charge in [-0.05, 0) is 42.9 Å². The smallest absolute Gasteiger partial charge is 0.0702 e. The Bertz CT molecular complexity index is 578. The number of pyridine rings is 1. The summed E-state index contributed by atoms with van der Waals surface area (Å²) in [6.45, 7) is 2.34. The van der Waals surface area contributed by atoms with Crippen molar-refractivity contribution in [3.8, 4) is 0 Å². The fourth-order valence-corrected chi connectivity index (χ4v) is 3.17. The van der Waals surface area contributed by atoms with Crippen LogP contribution in [0.5, 0.6) is 0 Å². The van der Waals surface area contributed by atoms with E-state index in [9.17, 15) is 0 Å². The van der Waals surface area contributed by atoms with Crippen molar-refractivity contribution in [3.05, 3.63) is 42.1 Å². The summed E-state index contributed by atoms with van der Waals surface area (Å²) in [5.41, 5.74) is 8.78. The molecule has 0 saturated heterocycles. The average Bonchev–Trinajstić information content (AvgIpc) is 2.61. The molecule has 0 spiro atoms. The minimum absolute atomic E-state index is 0.179. The Kier molecular flexibility index (Phi) is 3.28. The molecule has 2 N–H and O–H groups in total. The molecule has 0 radical (unpaired) electrons. The van der Waals surface area contributed by atoms with Crippen molar-refractivity contribution in [3.63, 3.8) is 0 Å². The topological polar surface area (TPSA) is 38.9 Å². The lowest BCUT2D eigenvalue weighted by Crippen LogP contribution is -2.36. The summed E-state index contributed by atoms with van der Waals surface area (Å²) >= 11 is 0. The van der Waals surface area contributed by atoms with Crippen LogP contribution in [-0.4, -0.2) is 4.98 Å². The molecule has 3 rings (SSSR count). The van der Waals surface area contributed by atoms with E-state index in [1.807, 2.05) is 12.3 Å². The molecule has 100 valence electrons. The third kappa shape index (κ3) is 2.50. The lowest BCUT2D eigenvalue weighted by atomic mass is 9.84. The molecule has 2 aromatic rings. The Labute approximate surface area is 115 Å². The number of hydrogen-bond acceptors (Lipinski definition) is 2. The molecule has 1 aromatic carbocycles. The van der Waals surface area contributed by atoms with Gasteiger partial charge in [-0.25, -0.2) is 0 Å². The number of benzene rings is 1. The molecule has 2 nitrogen and oxygen atoms in total. The second-order valence-electron chi connectivity index (χ2n) is 6.11. The van der Waals surface area contributed by atoms with Crippen molar-refractivity contribution in [2.75, 3.05) is 0 Å². The summed E-state index contributed by atoms with van der Waals surface area (Å²) in [5.74, 6) is 0.804.